The van der Waals surface area contributed by atoms with Gasteiger partial charge in [-0.05, 0) is 23.8 Å². The molecular formula is C16H18N2O3. The standard InChI is InChI=1S/C16H18N2O3/c17-11(8-4-2-1-3-5-8)7-21-16(20)18-14-10-6-9-12(14)13(9)15(10)19/h1-5,9-14H,6-7,17H2,(H,18,20). The Labute approximate surface area is 122 Å². The first-order valence-electron chi connectivity index (χ1n) is 7.44. The minimum Gasteiger partial charge on any atom is -0.448 e. The van der Waals surface area contributed by atoms with Gasteiger partial charge in [0.1, 0.15) is 12.4 Å². The van der Waals surface area contributed by atoms with Crippen molar-refractivity contribution in [3.05, 3.63) is 35.9 Å². The SMILES string of the molecule is NC(COC(=O)NC1C2CC3C(C2=O)C31)c1ccccc1. The van der Waals surface area contributed by atoms with E-state index in [2.05, 4.69) is 5.32 Å². The molecule has 4 bridgehead atoms. The van der Waals surface area contributed by atoms with Gasteiger partial charge in [-0.1, -0.05) is 30.3 Å². The summed E-state index contributed by atoms with van der Waals surface area (Å²) in [7, 11) is 0. The number of ether oxygens (including phenoxy) is 1. The lowest BCUT2D eigenvalue weighted by Crippen LogP contribution is -2.39. The number of alkyl carbamates (subject to hydrolysis) is 1. The Balaban J connectivity index is 1.29. The van der Waals surface area contributed by atoms with E-state index in [0.717, 1.165) is 12.0 Å². The molecule has 21 heavy (non-hydrogen) atoms. The first kappa shape index (κ1) is 12.8. The Bertz CT molecular complexity index is 588. The minimum atomic E-state index is -0.461. The Morgan fingerprint density at radius 3 is 2.71 bits per heavy atom. The van der Waals surface area contributed by atoms with Crippen LogP contribution < -0.4 is 11.1 Å². The molecule has 0 radical (unpaired) electrons. The van der Waals surface area contributed by atoms with Crippen molar-refractivity contribution in [2.75, 3.05) is 6.61 Å². The maximum atomic E-state index is 11.9. The molecule has 0 aromatic heterocycles. The number of benzene rings is 1. The number of rotatable bonds is 4. The van der Waals surface area contributed by atoms with E-state index in [9.17, 15) is 9.59 Å². The number of carbonyl (C=O) groups excluding carboxylic acids is 2. The van der Waals surface area contributed by atoms with Crippen LogP contribution in [0.5, 0.6) is 0 Å². The first-order chi connectivity index (χ1) is 10.2. The van der Waals surface area contributed by atoms with Crippen LogP contribution in [0, 0.1) is 23.7 Å². The van der Waals surface area contributed by atoms with Crippen molar-refractivity contribution in [2.45, 2.75) is 18.5 Å². The van der Waals surface area contributed by atoms with E-state index in [1.165, 1.54) is 0 Å². The van der Waals surface area contributed by atoms with Gasteiger partial charge < -0.3 is 15.8 Å². The molecule has 1 aromatic rings. The fourth-order valence-electron chi connectivity index (χ4n) is 4.18. The van der Waals surface area contributed by atoms with Gasteiger partial charge in [0, 0.05) is 17.9 Å². The highest BCUT2D eigenvalue weighted by Gasteiger charge is 2.74. The summed E-state index contributed by atoms with van der Waals surface area (Å²) in [5.74, 6) is 1.50. The Kier molecular flexibility index (Phi) is 2.79. The van der Waals surface area contributed by atoms with Crippen LogP contribution in [-0.2, 0) is 9.53 Å². The van der Waals surface area contributed by atoms with Crippen molar-refractivity contribution in [2.24, 2.45) is 29.4 Å². The van der Waals surface area contributed by atoms with Gasteiger partial charge in [-0.3, -0.25) is 4.79 Å². The maximum absolute atomic E-state index is 11.9. The molecule has 4 fully saturated rings. The zero-order valence-electron chi connectivity index (χ0n) is 11.6. The van der Waals surface area contributed by atoms with Crippen molar-refractivity contribution in [1.29, 1.82) is 0 Å². The number of carbonyl (C=O) groups is 2. The number of nitrogens with two attached hydrogens (primary N) is 1. The largest absolute Gasteiger partial charge is 0.448 e. The minimum absolute atomic E-state index is 0.00653. The second-order valence-electron chi connectivity index (χ2n) is 6.30. The molecule has 3 N–H and O–H groups in total. The van der Waals surface area contributed by atoms with E-state index < -0.39 is 6.09 Å². The molecule has 4 saturated carbocycles. The van der Waals surface area contributed by atoms with E-state index >= 15 is 0 Å². The van der Waals surface area contributed by atoms with Crippen molar-refractivity contribution in [3.63, 3.8) is 0 Å². The summed E-state index contributed by atoms with van der Waals surface area (Å²) in [4.78, 5) is 23.7. The summed E-state index contributed by atoms with van der Waals surface area (Å²) >= 11 is 0. The molecule has 0 heterocycles. The molecule has 4 aliphatic carbocycles. The molecule has 6 atom stereocenters. The quantitative estimate of drug-likeness (QED) is 0.872. The highest BCUT2D eigenvalue weighted by atomic mass is 16.5. The maximum Gasteiger partial charge on any atom is 0.407 e. The van der Waals surface area contributed by atoms with Crippen LogP contribution in [0.2, 0.25) is 0 Å². The number of hydrogen-bond donors (Lipinski definition) is 2. The Hall–Kier alpha value is -1.88. The van der Waals surface area contributed by atoms with Crippen molar-refractivity contribution in [1.82, 2.24) is 5.32 Å². The fourth-order valence-corrected chi connectivity index (χ4v) is 4.18. The van der Waals surface area contributed by atoms with E-state index in [1.807, 2.05) is 30.3 Å². The monoisotopic (exact) mass is 286 g/mol. The lowest BCUT2D eigenvalue weighted by molar-refractivity contribution is -0.121. The molecule has 5 rings (SSSR count). The molecule has 110 valence electrons. The third-order valence-corrected chi connectivity index (χ3v) is 5.20. The average Bonchev–Trinajstić information content (AvgIpc) is 2.82. The lowest BCUT2D eigenvalue weighted by atomic mass is 10.1. The zero-order valence-corrected chi connectivity index (χ0v) is 11.6. The Morgan fingerprint density at radius 1 is 1.38 bits per heavy atom. The van der Waals surface area contributed by atoms with E-state index in [0.29, 0.717) is 17.6 Å². The van der Waals surface area contributed by atoms with Crippen LogP contribution in [0.15, 0.2) is 30.3 Å². The summed E-state index contributed by atoms with van der Waals surface area (Å²) in [6.07, 6.45) is 0.486. The zero-order chi connectivity index (χ0) is 14.6. The summed E-state index contributed by atoms with van der Waals surface area (Å²) in [5, 5.41) is 2.86. The van der Waals surface area contributed by atoms with Gasteiger partial charge >= 0.3 is 6.09 Å². The predicted molar refractivity (Wildman–Crippen MR) is 75.2 cm³/mol. The van der Waals surface area contributed by atoms with E-state index in [1.54, 1.807) is 0 Å². The number of amides is 1. The molecule has 4 aliphatic rings. The molecule has 6 unspecified atom stereocenters. The lowest BCUT2D eigenvalue weighted by Gasteiger charge is -2.17. The van der Waals surface area contributed by atoms with Crippen LogP contribution in [-0.4, -0.2) is 24.5 Å². The van der Waals surface area contributed by atoms with Gasteiger partial charge in [0.25, 0.3) is 0 Å². The third kappa shape index (κ3) is 1.95. The normalized spacial score (nSPS) is 36.4. The summed E-state index contributed by atoms with van der Waals surface area (Å²) < 4.78 is 5.20. The molecule has 1 amide bonds. The number of nitrogens with one attached hydrogen (secondary N) is 1. The van der Waals surface area contributed by atoms with Crippen molar-refractivity contribution >= 4 is 11.9 Å². The Morgan fingerprint density at radius 2 is 2.14 bits per heavy atom. The van der Waals surface area contributed by atoms with E-state index in [4.69, 9.17) is 10.5 Å². The fraction of sp³-hybridized carbons (Fsp3) is 0.500. The summed E-state index contributed by atoms with van der Waals surface area (Å²) in [6.45, 7) is 0.138. The number of Topliss-reactive ketones (excluding diaryl/α,β-unsaturated/α-hetero) is 1. The van der Waals surface area contributed by atoms with Crippen LogP contribution in [0.1, 0.15) is 18.0 Å². The number of hydrogen-bond acceptors (Lipinski definition) is 4. The highest BCUT2D eigenvalue weighted by Crippen LogP contribution is 2.68. The van der Waals surface area contributed by atoms with Crippen molar-refractivity contribution in [3.8, 4) is 0 Å². The molecule has 0 saturated heterocycles. The van der Waals surface area contributed by atoms with Gasteiger partial charge in [0.05, 0.1) is 6.04 Å². The average molecular weight is 286 g/mol. The van der Waals surface area contributed by atoms with Crippen LogP contribution in [0.4, 0.5) is 4.79 Å². The van der Waals surface area contributed by atoms with Crippen molar-refractivity contribution < 1.29 is 14.3 Å². The molecule has 0 aliphatic heterocycles. The van der Waals surface area contributed by atoms with E-state index in [-0.39, 0.29) is 30.5 Å². The smallest absolute Gasteiger partial charge is 0.407 e. The van der Waals surface area contributed by atoms with Crippen LogP contribution >= 0.6 is 0 Å². The third-order valence-electron chi connectivity index (χ3n) is 5.20. The van der Waals surface area contributed by atoms with Gasteiger partial charge in [-0.2, -0.15) is 0 Å². The van der Waals surface area contributed by atoms with Crippen LogP contribution in [0.25, 0.3) is 0 Å². The topological polar surface area (TPSA) is 81.4 Å². The second kappa shape index (κ2) is 4.56. The van der Waals surface area contributed by atoms with Gasteiger partial charge in [-0.25, -0.2) is 4.79 Å². The van der Waals surface area contributed by atoms with Crippen LogP contribution in [0.3, 0.4) is 0 Å². The summed E-state index contributed by atoms with van der Waals surface area (Å²) in [6, 6.07) is 9.20. The van der Waals surface area contributed by atoms with Gasteiger partial charge in [0.15, 0.2) is 0 Å². The van der Waals surface area contributed by atoms with Gasteiger partial charge in [0.2, 0.25) is 0 Å². The number of ketones is 1. The molecule has 1 aromatic carbocycles. The first-order valence-corrected chi connectivity index (χ1v) is 7.44. The predicted octanol–water partition coefficient (Wildman–Crippen LogP) is 1.25. The summed E-state index contributed by atoms with van der Waals surface area (Å²) in [5.41, 5.74) is 6.92. The molecular weight excluding hydrogens is 268 g/mol. The highest BCUT2D eigenvalue weighted by molar-refractivity contribution is 5.94. The van der Waals surface area contributed by atoms with Gasteiger partial charge in [-0.15, -0.1) is 0 Å². The molecule has 5 heteroatoms. The molecule has 5 nitrogen and oxygen atoms in total. The molecule has 0 spiro atoms. The second-order valence-corrected chi connectivity index (χ2v) is 6.30.